The zero-order valence-corrected chi connectivity index (χ0v) is 16.8. The average molecular weight is 387 g/mol. The van der Waals surface area contributed by atoms with E-state index in [1.54, 1.807) is 24.3 Å². The standard InChI is InChI=1S/C21H26N2O3S/c1-4-13-25-18-11-7-17(8-12-18)20(24)23-21(27)22-14-16-5-9-19(10-6-16)26-15(2)3/h5-12,15H,4,13-14H2,1-3H3,(H2,22,23,24,27). The van der Waals surface area contributed by atoms with Crippen molar-refractivity contribution in [1.29, 1.82) is 0 Å². The monoisotopic (exact) mass is 386 g/mol. The molecule has 0 fully saturated rings. The molecule has 0 heterocycles. The van der Waals surface area contributed by atoms with E-state index >= 15 is 0 Å². The average Bonchev–Trinajstić information content (AvgIpc) is 2.65. The van der Waals surface area contributed by atoms with E-state index in [0.717, 1.165) is 23.5 Å². The number of thiocarbonyl (C=S) groups is 1. The summed E-state index contributed by atoms with van der Waals surface area (Å²) in [5.74, 6) is 1.32. The van der Waals surface area contributed by atoms with Crippen molar-refractivity contribution in [1.82, 2.24) is 10.6 Å². The van der Waals surface area contributed by atoms with E-state index in [1.165, 1.54) is 0 Å². The van der Waals surface area contributed by atoms with Gasteiger partial charge in [0.2, 0.25) is 0 Å². The van der Waals surface area contributed by atoms with Gasteiger partial charge in [0.05, 0.1) is 12.7 Å². The van der Waals surface area contributed by atoms with Crippen LogP contribution in [0.25, 0.3) is 0 Å². The summed E-state index contributed by atoms with van der Waals surface area (Å²) in [6.45, 7) is 7.20. The fourth-order valence-corrected chi connectivity index (χ4v) is 2.45. The van der Waals surface area contributed by atoms with Gasteiger partial charge in [-0.2, -0.15) is 0 Å². The molecule has 27 heavy (non-hydrogen) atoms. The second kappa shape index (κ2) is 10.5. The van der Waals surface area contributed by atoms with Crippen molar-refractivity contribution in [2.45, 2.75) is 39.8 Å². The van der Waals surface area contributed by atoms with Crippen LogP contribution in [0.5, 0.6) is 11.5 Å². The lowest BCUT2D eigenvalue weighted by atomic mass is 10.2. The molecule has 0 bridgehead atoms. The van der Waals surface area contributed by atoms with E-state index in [0.29, 0.717) is 18.7 Å². The summed E-state index contributed by atoms with van der Waals surface area (Å²) in [6.07, 6.45) is 1.08. The predicted octanol–water partition coefficient (Wildman–Crippen LogP) is 4.07. The van der Waals surface area contributed by atoms with Crippen LogP contribution >= 0.6 is 12.2 Å². The zero-order chi connectivity index (χ0) is 19.6. The SMILES string of the molecule is CCCOc1ccc(C(=O)NC(=S)NCc2ccc(OC(C)C)cc2)cc1. The molecule has 144 valence electrons. The number of amides is 1. The molecule has 2 aromatic rings. The maximum atomic E-state index is 12.2. The highest BCUT2D eigenvalue weighted by atomic mass is 32.1. The molecule has 2 N–H and O–H groups in total. The van der Waals surface area contributed by atoms with Gasteiger partial charge in [-0.05, 0) is 74.4 Å². The topological polar surface area (TPSA) is 59.6 Å². The molecule has 0 saturated carbocycles. The fourth-order valence-electron chi connectivity index (χ4n) is 2.28. The fraction of sp³-hybridized carbons (Fsp3) is 0.333. The number of nitrogens with one attached hydrogen (secondary N) is 2. The minimum atomic E-state index is -0.254. The normalized spacial score (nSPS) is 10.4. The Bertz CT molecular complexity index is 743. The van der Waals surface area contributed by atoms with Crippen LogP contribution in [-0.4, -0.2) is 23.7 Å². The van der Waals surface area contributed by atoms with E-state index in [9.17, 15) is 4.79 Å². The highest BCUT2D eigenvalue weighted by Crippen LogP contribution is 2.14. The van der Waals surface area contributed by atoms with Gasteiger partial charge in [-0.3, -0.25) is 10.1 Å². The van der Waals surface area contributed by atoms with E-state index < -0.39 is 0 Å². The second-order valence-corrected chi connectivity index (χ2v) is 6.73. The van der Waals surface area contributed by atoms with Crippen molar-refractivity contribution in [3.8, 4) is 11.5 Å². The van der Waals surface area contributed by atoms with Crippen molar-refractivity contribution < 1.29 is 14.3 Å². The van der Waals surface area contributed by atoms with Gasteiger partial charge < -0.3 is 14.8 Å². The van der Waals surface area contributed by atoms with Crippen LogP contribution in [0.15, 0.2) is 48.5 Å². The molecule has 0 aliphatic carbocycles. The molecule has 2 aromatic carbocycles. The predicted molar refractivity (Wildman–Crippen MR) is 111 cm³/mol. The second-order valence-electron chi connectivity index (χ2n) is 6.32. The number of ether oxygens (including phenoxy) is 2. The van der Waals surface area contributed by atoms with Gasteiger partial charge >= 0.3 is 0 Å². The van der Waals surface area contributed by atoms with Crippen molar-refractivity contribution in [2.75, 3.05) is 6.61 Å². The molecule has 0 atom stereocenters. The Balaban J connectivity index is 1.80. The molecule has 0 aliphatic heterocycles. The molecular weight excluding hydrogens is 360 g/mol. The molecular formula is C21H26N2O3S. The Hall–Kier alpha value is -2.60. The third-order valence-electron chi connectivity index (χ3n) is 3.56. The zero-order valence-electron chi connectivity index (χ0n) is 16.0. The van der Waals surface area contributed by atoms with Gasteiger partial charge in [-0.25, -0.2) is 0 Å². The Labute approximate surface area is 166 Å². The Morgan fingerprint density at radius 1 is 1.04 bits per heavy atom. The first kappa shape index (κ1) is 20.7. The summed E-state index contributed by atoms with van der Waals surface area (Å²) in [6, 6.07) is 14.8. The highest BCUT2D eigenvalue weighted by Gasteiger charge is 2.08. The van der Waals surface area contributed by atoms with E-state index in [4.69, 9.17) is 21.7 Å². The molecule has 0 aromatic heterocycles. The lowest BCUT2D eigenvalue weighted by molar-refractivity contribution is 0.0976. The highest BCUT2D eigenvalue weighted by molar-refractivity contribution is 7.80. The number of hydrogen-bond donors (Lipinski definition) is 2. The van der Waals surface area contributed by atoms with Crippen molar-refractivity contribution in [3.05, 3.63) is 59.7 Å². The maximum Gasteiger partial charge on any atom is 0.257 e. The number of benzene rings is 2. The number of hydrogen-bond acceptors (Lipinski definition) is 4. The quantitative estimate of drug-likeness (QED) is 0.670. The summed E-state index contributed by atoms with van der Waals surface area (Å²) in [4.78, 5) is 12.2. The molecule has 0 aliphatic rings. The number of carbonyl (C=O) groups is 1. The van der Waals surface area contributed by atoms with Crippen molar-refractivity contribution >= 4 is 23.2 Å². The van der Waals surface area contributed by atoms with Gasteiger partial charge in [0.15, 0.2) is 5.11 Å². The number of carbonyl (C=O) groups excluding carboxylic acids is 1. The smallest absolute Gasteiger partial charge is 0.257 e. The van der Waals surface area contributed by atoms with Crippen LogP contribution < -0.4 is 20.1 Å². The Kier molecular flexibility index (Phi) is 8.07. The van der Waals surface area contributed by atoms with Crippen molar-refractivity contribution in [3.63, 3.8) is 0 Å². The van der Waals surface area contributed by atoms with Gasteiger partial charge in [-0.15, -0.1) is 0 Å². The first-order valence-electron chi connectivity index (χ1n) is 9.05. The third kappa shape index (κ3) is 7.27. The van der Waals surface area contributed by atoms with Crippen LogP contribution in [0.4, 0.5) is 0 Å². The number of rotatable bonds is 8. The molecule has 5 nitrogen and oxygen atoms in total. The molecule has 2 rings (SSSR count). The third-order valence-corrected chi connectivity index (χ3v) is 3.81. The molecule has 1 amide bonds. The molecule has 6 heteroatoms. The van der Waals surface area contributed by atoms with Gasteiger partial charge in [0.1, 0.15) is 11.5 Å². The van der Waals surface area contributed by atoms with Crippen LogP contribution in [-0.2, 0) is 6.54 Å². The Morgan fingerprint density at radius 3 is 2.26 bits per heavy atom. The minimum absolute atomic E-state index is 0.143. The van der Waals surface area contributed by atoms with E-state index in [2.05, 4.69) is 10.6 Å². The summed E-state index contributed by atoms with van der Waals surface area (Å²) >= 11 is 5.20. The van der Waals surface area contributed by atoms with Gasteiger partial charge in [0, 0.05) is 12.1 Å². The molecule has 0 unspecified atom stereocenters. The van der Waals surface area contributed by atoms with Gasteiger partial charge in [-0.1, -0.05) is 19.1 Å². The van der Waals surface area contributed by atoms with E-state index in [1.807, 2.05) is 45.0 Å². The van der Waals surface area contributed by atoms with Crippen LogP contribution in [0.2, 0.25) is 0 Å². The molecule has 0 spiro atoms. The summed E-state index contributed by atoms with van der Waals surface area (Å²) < 4.78 is 11.1. The van der Waals surface area contributed by atoms with Gasteiger partial charge in [0.25, 0.3) is 5.91 Å². The lowest BCUT2D eigenvalue weighted by Gasteiger charge is -2.12. The first-order chi connectivity index (χ1) is 13.0. The van der Waals surface area contributed by atoms with Crippen molar-refractivity contribution in [2.24, 2.45) is 0 Å². The summed E-state index contributed by atoms with van der Waals surface area (Å²) in [5.41, 5.74) is 1.57. The van der Waals surface area contributed by atoms with Crippen LogP contribution in [0.1, 0.15) is 43.1 Å². The largest absolute Gasteiger partial charge is 0.494 e. The maximum absolute atomic E-state index is 12.2. The lowest BCUT2D eigenvalue weighted by Crippen LogP contribution is -2.38. The summed E-state index contributed by atoms with van der Waals surface area (Å²) in [5, 5.41) is 6.00. The van der Waals surface area contributed by atoms with Crippen LogP contribution in [0.3, 0.4) is 0 Å². The van der Waals surface area contributed by atoms with Crippen LogP contribution in [0, 0.1) is 0 Å². The van der Waals surface area contributed by atoms with E-state index in [-0.39, 0.29) is 17.1 Å². The molecule has 0 saturated heterocycles. The minimum Gasteiger partial charge on any atom is -0.494 e. The summed E-state index contributed by atoms with van der Waals surface area (Å²) in [7, 11) is 0. The first-order valence-corrected chi connectivity index (χ1v) is 9.46. The Morgan fingerprint density at radius 2 is 1.67 bits per heavy atom. The molecule has 0 radical (unpaired) electrons.